The van der Waals surface area contributed by atoms with Crippen LogP contribution in [0.25, 0.3) is 0 Å². The maximum atomic E-state index is 13.3. The van der Waals surface area contributed by atoms with Crippen molar-refractivity contribution in [3.63, 3.8) is 0 Å². The van der Waals surface area contributed by atoms with Crippen LogP contribution in [-0.2, 0) is 14.3 Å². The molecule has 0 bridgehead atoms. The van der Waals surface area contributed by atoms with Crippen molar-refractivity contribution in [3.8, 4) is 0 Å². The number of amides is 1. The Morgan fingerprint density at radius 2 is 1.90 bits per heavy atom. The Hall–Kier alpha value is -2.02. The van der Waals surface area contributed by atoms with Crippen LogP contribution in [-0.4, -0.2) is 31.6 Å². The number of carbonyl (C=O) groups is 2. The molecule has 0 unspecified atom stereocenters. The summed E-state index contributed by atoms with van der Waals surface area (Å²) in [6.07, 6.45) is 0.120. The van der Waals surface area contributed by atoms with E-state index in [0.29, 0.717) is 6.61 Å². The first-order valence-electron chi connectivity index (χ1n) is 6.14. The van der Waals surface area contributed by atoms with Crippen LogP contribution in [0.15, 0.2) is 18.2 Å². The fraction of sp³-hybridized carbons (Fsp3) is 0.385. The van der Waals surface area contributed by atoms with Crippen LogP contribution in [0, 0.1) is 11.6 Å². The van der Waals surface area contributed by atoms with E-state index >= 15 is 0 Å². The third kappa shape index (κ3) is 5.31. The number of benzene rings is 1. The Morgan fingerprint density at radius 1 is 1.25 bits per heavy atom. The second-order valence-corrected chi connectivity index (χ2v) is 3.88. The van der Waals surface area contributed by atoms with Gasteiger partial charge in [-0.2, -0.15) is 0 Å². The van der Waals surface area contributed by atoms with Crippen molar-refractivity contribution in [2.75, 3.05) is 25.0 Å². The third-order valence-electron chi connectivity index (χ3n) is 2.32. The molecule has 0 saturated carbocycles. The highest BCUT2D eigenvalue weighted by molar-refractivity contribution is 5.92. The van der Waals surface area contributed by atoms with Gasteiger partial charge in [0.1, 0.15) is 17.3 Å². The Balaban J connectivity index is 2.32. The van der Waals surface area contributed by atoms with Gasteiger partial charge in [-0.25, -0.2) is 8.78 Å². The smallest absolute Gasteiger partial charge is 0.307 e. The average Bonchev–Trinajstić information content (AvgIpc) is 2.39. The second kappa shape index (κ2) is 8.21. The molecule has 1 aromatic rings. The van der Waals surface area contributed by atoms with Gasteiger partial charge in [0, 0.05) is 6.54 Å². The number of nitrogens with one attached hydrogen (secondary N) is 2. The molecule has 0 saturated heterocycles. The van der Waals surface area contributed by atoms with E-state index in [2.05, 4.69) is 10.6 Å². The molecule has 0 aromatic heterocycles. The number of esters is 1. The summed E-state index contributed by atoms with van der Waals surface area (Å²) in [5.41, 5.74) is -0.482. The lowest BCUT2D eigenvalue weighted by atomic mass is 10.3. The molecule has 5 nitrogen and oxygen atoms in total. The molecule has 1 aromatic carbocycles. The molecule has 7 heteroatoms. The topological polar surface area (TPSA) is 67.4 Å². The Kier molecular flexibility index (Phi) is 6.58. The molecule has 0 heterocycles. The summed E-state index contributed by atoms with van der Waals surface area (Å²) in [7, 11) is 0. The number of para-hydroxylation sites is 1. The number of carbonyl (C=O) groups excluding carboxylic acids is 2. The van der Waals surface area contributed by atoms with Gasteiger partial charge < -0.3 is 15.4 Å². The van der Waals surface area contributed by atoms with E-state index in [-0.39, 0.29) is 25.5 Å². The third-order valence-corrected chi connectivity index (χ3v) is 2.32. The van der Waals surface area contributed by atoms with E-state index in [4.69, 9.17) is 4.74 Å². The largest absolute Gasteiger partial charge is 0.466 e. The van der Waals surface area contributed by atoms with Crippen molar-refractivity contribution in [2.24, 2.45) is 0 Å². The zero-order valence-electron chi connectivity index (χ0n) is 11.0. The summed E-state index contributed by atoms with van der Waals surface area (Å²) in [6, 6.07) is 3.30. The maximum absolute atomic E-state index is 13.3. The van der Waals surface area contributed by atoms with Crippen LogP contribution in [0.2, 0.25) is 0 Å². The minimum Gasteiger partial charge on any atom is -0.466 e. The fourth-order valence-electron chi connectivity index (χ4n) is 1.43. The SMILES string of the molecule is CCOC(=O)CCNCC(=O)Nc1c(F)cccc1F. The molecule has 2 N–H and O–H groups in total. The Bertz CT molecular complexity index is 460. The second-order valence-electron chi connectivity index (χ2n) is 3.88. The van der Waals surface area contributed by atoms with Gasteiger partial charge in [0.15, 0.2) is 0 Å². The van der Waals surface area contributed by atoms with Crippen LogP contribution in [0.4, 0.5) is 14.5 Å². The van der Waals surface area contributed by atoms with Gasteiger partial charge in [0.2, 0.25) is 5.91 Å². The number of rotatable bonds is 7. The molecular weight excluding hydrogens is 270 g/mol. The van der Waals surface area contributed by atoms with E-state index in [1.54, 1.807) is 6.92 Å². The van der Waals surface area contributed by atoms with E-state index < -0.39 is 23.2 Å². The van der Waals surface area contributed by atoms with Crippen LogP contribution in [0.1, 0.15) is 13.3 Å². The van der Waals surface area contributed by atoms with E-state index in [0.717, 1.165) is 12.1 Å². The quantitative estimate of drug-likeness (QED) is 0.588. The van der Waals surface area contributed by atoms with Gasteiger partial charge in [-0.15, -0.1) is 0 Å². The van der Waals surface area contributed by atoms with Crippen molar-refractivity contribution in [1.82, 2.24) is 5.32 Å². The first-order valence-corrected chi connectivity index (χ1v) is 6.14. The predicted molar refractivity (Wildman–Crippen MR) is 69.1 cm³/mol. The van der Waals surface area contributed by atoms with Crippen LogP contribution >= 0.6 is 0 Å². The maximum Gasteiger partial charge on any atom is 0.307 e. The van der Waals surface area contributed by atoms with Crippen LogP contribution < -0.4 is 10.6 Å². The summed E-state index contributed by atoms with van der Waals surface area (Å²) in [5, 5.41) is 4.80. The zero-order chi connectivity index (χ0) is 15.0. The van der Waals surface area contributed by atoms with Crippen LogP contribution in [0.3, 0.4) is 0 Å². The molecular formula is C13H16F2N2O3. The molecule has 20 heavy (non-hydrogen) atoms. The zero-order valence-corrected chi connectivity index (χ0v) is 11.0. The predicted octanol–water partition coefficient (Wildman–Crippen LogP) is 1.45. The standard InChI is InChI=1S/C13H16F2N2O3/c1-2-20-12(19)6-7-16-8-11(18)17-13-9(14)4-3-5-10(13)15/h3-5,16H,2,6-8H2,1H3,(H,17,18). The van der Waals surface area contributed by atoms with Gasteiger partial charge in [0.05, 0.1) is 19.6 Å². The normalized spacial score (nSPS) is 10.2. The monoisotopic (exact) mass is 286 g/mol. The molecule has 0 fully saturated rings. The van der Waals surface area contributed by atoms with Crippen molar-refractivity contribution in [1.29, 1.82) is 0 Å². The molecule has 0 radical (unpaired) electrons. The summed E-state index contributed by atoms with van der Waals surface area (Å²) in [4.78, 5) is 22.5. The fourth-order valence-corrected chi connectivity index (χ4v) is 1.43. The molecule has 0 atom stereocenters. The van der Waals surface area contributed by atoms with Crippen molar-refractivity contribution >= 4 is 17.6 Å². The molecule has 0 spiro atoms. The minimum atomic E-state index is -0.843. The van der Waals surface area contributed by atoms with E-state index in [9.17, 15) is 18.4 Å². The average molecular weight is 286 g/mol. The molecule has 0 aliphatic rings. The first-order chi connectivity index (χ1) is 9.54. The summed E-state index contributed by atoms with van der Waals surface area (Å²) >= 11 is 0. The lowest BCUT2D eigenvalue weighted by Crippen LogP contribution is -2.30. The highest BCUT2D eigenvalue weighted by Gasteiger charge is 2.11. The number of anilines is 1. The van der Waals surface area contributed by atoms with E-state index in [1.807, 2.05) is 0 Å². The number of ether oxygens (including phenoxy) is 1. The molecule has 1 amide bonds. The Labute approximate surface area is 115 Å². The van der Waals surface area contributed by atoms with Crippen LogP contribution in [0.5, 0.6) is 0 Å². The number of halogens is 2. The molecule has 110 valence electrons. The number of hydrogen-bond acceptors (Lipinski definition) is 4. The Morgan fingerprint density at radius 3 is 2.50 bits per heavy atom. The summed E-state index contributed by atoms with van der Waals surface area (Å²) < 4.78 is 31.2. The van der Waals surface area contributed by atoms with Gasteiger partial charge in [-0.05, 0) is 19.1 Å². The summed E-state index contributed by atoms with van der Waals surface area (Å²) in [6.45, 7) is 2.08. The van der Waals surface area contributed by atoms with Crippen molar-refractivity contribution < 1.29 is 23.1 Å². The first kappa shape index (κ1) is 16.0. The minimum absolute atomic E-state index is 0.120. The van der Waals surface area contributed by atoms with Gasteiger partial charge in [-0.1, -0.05) is 6.07 Å². The molecule has 0 aliphatic carbocycles. The lowest BCUT2D eigenvalue weighted by molar-refractivity contribution is -0.143. The molecule has 0 aliphatic heterocycles. The van der Waals surface area contributed by atoms with Gasteiger partial charge >= 0.3 is 5.97 Å². The highest BCUT2D eigenvalue weighted by Crippen LogP contribution is 2.17. The van der Waals surface area contributed by atoms with Crippen molar-refractivity contribution in [2.45, 2.75) is 13.3 Å². The van der Waals surface area contributed by atoms with E-state index in [1.165, 1.54) is 6.07 Å². The van der Waals surface area contributed by atoms with Crippen molar-refractivity contribution in [3.05, 3.63) is 29.8 Å². The molecule has 1 rings (SSSR count). The highest BCUT2D eigenvalue weighted by atomic mass is 19.1. The number of hydrogen-bond donors (Lipinski definition) is 2. The van der Waals surface area contributed by atoms with Gasteiger partial charge in [0.25, 0.3) is 0 Å². The lowest BCUT2D eigenvalue weighted by Gasteiger charge is -2.08. The summed E-state index contributed by atoms with van der Waals surface area (Å²) in [5.74, 6) is -2.66. The van der Waals surface area contributed by atoms with Gasteiger partial charge in [-0.3, -0.25) is 9.59 Å².